The molecule has 2 saturated heterocycles. The third-order valence-electron chi connectivity index (χ3n) is 4.88. The van der Waals surface area contributed by atoms with E-state index in [-0.39, 0.29) is 11.5 Å². The molecular formula is C17H27N3O2. The Kier molecular flexibility index (Phi) is 4.52. The summed E-state index contributed by atoms with van der Waals surface area (Å²) < 4.78 is 8.14. The smallest absolute Gasteiger partial charge is 0.223 e. The summed E-state index contributed by atoms with van der Waals surface area (Å²) in [5.41, 5.74) is 1.10. The van der Waals surface area contributed by atoms with Crippen molar-refractivity contribution in [2.75, 3.05) is 13.2 Å². The van der Waals surface area contributed by atoms with E-state index in [0.29, 0.717) is 18.9 Å². The summed E-state index contributed by atoms with van der Waals surface area (Å²) >= 11 is 0. The van der Waals surface area contributed by atoms with Gasteiger partial charge in [0.25, 0.3) is 0 Å². The molecule has 2 aliphatic heterocycles. The monoisotopic (exact) mass is 305 g/mol. The predicted molar refractivity (Wildman–Crippen MR) is 84.3 cm³/mol. The highest BCUT2D eigenvalue weighted by Gasteiger charge is 2.38. The molecule has 3 heterocycles. The molecule has 1 atom stereocenters. The van der Waals surface area contributed by atoms with Gasteiger partial charge in [0.05, 0.1) is 24.2 Å². The largest absolute Gasteiger partial charge is 0.375 e. The van der Waals surface area contributed by atoms with E-state index in [1.165, 1.54) is 0 Å². The number of hydrogen-bond acceptors (Lipinski definition) is 3. The van der Waals surface area contributed by atoms with Crippen molar-refractivity contribution in [1.82, 2.24) is 14.5 Å². The van der Waals surface area contributed by atoms with Gasteiger partial charge in [-0.15, -0.1) is 0 Å². The number of ether oxygens (including phenoxy) is 1. The zero-order valence-corrected chi connectivity index (χ0v) is 13.8. The number of amides is 1. The quantitative estimate of drug-likeness (QED) is 0.859. The third-order valence-corrected chi connectivity index (χ3v) is 4.88. The average Bonchev–Trinajstić information content (AvgIpc) is 3.07. The molecule has 0 saturated carbocycles. The molecule has 122 valence electrons. The summed E-state index contributed by atoms with van der Waals surface area (Å²) in [6.45, 7) is 7.66. The van der Waals surface area contributed by atoms with E-state index < -0.39 is 0 Å². The zero-order valence-electron chi connectivity index (χ0n) is 13.8. The van der Waals surface area contributed by atoms with Crippen LogP contribution in [-0.4, -0.2) is 39.1 Å². The molecular weight excluding hydrogens is 278 g/mol. The van der Waals surface area contributed by atoms with E-state index in [1.807, 2.05) is 17.4 Å². The van der Waals surface area contributed by atoms with Gasteiger partial charge in [-0.05, 0) is 31.6 Å². The minimum Gasteiger partial charge on any atom is -0.375 e. The zero-order chi connectivity index (χ0) is 15.6. The standard InChI is InChI=1S/C17H27N3O2/c1-14(2)11-20-13-18-10-15(20)12-19-8-7-17(5-3-9-22-17)6-4-16(19)21/h10,13-14H,3-9,11-12H2,1-2H3. The number of rotatable bonds is 4. The minimum atomic E-state index is -0.0252. The predicted octanol–water partition coefficient (Wildman–Crippen LogP) is 2.60. The molecule has 1 aromatic heterocycles. The van der Waals surface area contributed by atoms with Crippen LogP contribution in [0.25, 0.3) is 0 Å². The Bertz CT molecular complexity index is 518. The van der Waals surface area contributed by atoms with E-state index in [0.717, 1.165) is 51.1 Å². The van der Waals surface area contributed by atoms with Crippen LogP contribution in [-0.2, 0) is 22.6 Å². The first-order valence-corrected chi connectivity index (χ1v) is 8.49. The maximum Gasteiger partial charge on any atom is 0.223 e. The molecule has 0 bridgehead atoms. The van der Waals surface area contributed by atoms with Crippen LogP contribution in [0.3, 0.4) is 0 Å². The average molecular weight is 305 g/mol. The van der Waals surface area contributed by atoms with E-state index in [1.54, 1.807) is 0 Å². The van der Waals surface area contributed by atoms with Crippen molar-refractivity contribution in [2.24, 2.45) is 5.92 Å². The summed E-state index contributed by atoms with van der Waals surface area (Å²) in [6.07, 6.45) is 8.47. The van der Waals surface area contributed by atoms with Gasteiger partial charge in [0.1, 0.15) is 0 Å². The first kappa shape index (κ1) is 15.5. The minimum absolute atomic E-state index is 0.0252. The van der Waals surface area contributed by atoms with Crippen molar-refractivity contribution in [3.05, 3.63) is 18.2 Å². The van der Waals surface area contributed by atoms with Crippen LogP contribution in [0, 0.1) is 5.92 Å². The fourth-order valence-electron chi connectivity index (χ4n) is 3.63. The van der Waals surface area contributed by atoms with Crippen molar-refractivity contribution >= 4 is 5.91 Å². The van der Waals surface area contributed by atoms with Gasteiger partial charge in [-0.25, -0.2) is 4.98 Å². The maximum atomic E-state index is 12.5. The van der Waals surface area contributed by atoms with Gasteiger partial charge < -0.3 is 14.2 Å². The van der Waals surface area contributed by atoms with Gasteiger partial charge in [-0.1, -0.05) is 13.8 Å². The van der Waals surface area contributed by atoms with Crippen LogP contribution >= 0.6 is 0 Å². The molecule has 1 amide bonds. The molecule has 0 aromatic carbocycles. The van der Waals surface area contributed by atoms with Crippen molar-refractivity contribution in [1.29, 1.82) is 0 Å². The number of imidazole rings is 1. The lowest BCUT2D eigenvalue weighted by Crippen LogP contribution is -2.32. The molecule has 5 heteroatoms. The summed E-state index contributed by atoms with van der Waals surface area (Å²) in [7, 11) is 0. The Hall–Kier alpha value is -1.36. The van der Waals surface area contributed by atoms with Gasteiger partial charge >= 0.3 is 0 Å². The summed E-state index contributed by atoms with van der Waals surface area (Å²) in [4.78, 5) is 18.7. The van der Waals surface area contributed by atoms with Crippen molar-refractivity contribution in [3.63, 3.8) is 0 Å². The summed E-state index contributed by atoms with van der Waals surface area (Å²) in [6, 6.07) is 0. The Labute approximate surface area is 132 Å². The fraction of sp³-hybridized carbons (Fsp3) is 0.765. The highest BCUT2D eigenvalue weighted by molar-refractivity contribution is 5.76. The van der Waals surface area contributed by atoms with Crippen LogP contribution in [0.4, 0.5) is 0 Å². The van der Waals surface area contributed by atoms with Gasteiger partial charge in [-0.3, -0.25) is 4.79 Å². The van der Waals surface area contributed by atoms with Gasteiger partial charge in [0.15, 0.2) is 0 Å². The normalized spacial score (nSPS) is 26.1. The number of nitrogens with zero attached hydrogens (tertiary/aromatic N) is 3. The molecule has 22 heavy (non-hydrogen) atoms. The lowest BCUT2D eigenvalue weighted by atomic mass is 9.92. The second-order valence-corrected chi connectivity index (χ2v) is 7.13. The second kappa shape index (κ2) is 6.41. The van der Waals surface area contributed by atoms with Gasteiger partial charge in [0, 0.05) is 32.3 Å². The molecule has 1 spiro atoms. The van der Waals surface area contributed by atoms with E-state index >= 15 is 0 Å². The topological polar surface area (TPSA) is 47.4 Å². The molecule has 2 aliphatic rings. The highest BCUT2D eigenvalue weighted by atomic mass is 16.5. The maximum absolute atomic E-state index is 12.5. The van der Waals surface area contributed by atoms with Crippen molar-refractivity contribution in [3.8, 4) is 0 Å². The third kappa shape index (κ3) is 3.35. The van der Waals surface area contributed by atoms with Gasteiger partial charge in [-0.2, -0.15) is 0 Å². The summed E-state index contributed by atoms with van der Waals surface area (Å²) in [5.74, 6) is 0.826. The molecule has 5 nitrogen and oxygen atoms in total. The first-order chi connectivity index (χ1) is 10.6. The highest BCUT2D eigenvalue weighted by Crippen LogP contribution is 2.36. The number of hydrogen-bond donors (Lipinski definition) is 0. The Balaban J connectivity index is 1.67. The van der Waals surface area contributed by atoms with E-state index in [2.05, 4.69) is 23.4 Å². The van der Waals surface area contributed by atoms with Gasteiger partial charge in [0.2, 0.25) is 5.91 Å². The lowest BCUT2D eigenvalue weighted by molar-refractivity contribution is -0.131. The van der Waals surface area contributed by atoms with Crippen LogP contribution in [0.15, 0.2) is 12.5 Å². The van der Waals surface area contributed by atoms with Crippen molar-refractivity contribution < 1.29 is 9.53 Å². The number of carbonyl (C=O) groups is 1. The molecule has 1 aromatic rings. The Morgan fingerprint density at radius 2 is 2.23 bits per heavy atom. The van der Waals surface area contributed by atoms with Crippen LogP contribution in [0.1, 0.15) is 51.6 Å². The van der Waals surface area contributed by atoms with Crippen LogP contribution in [0.2, 0.25) is 0 Å². The van der Waals surface area contributed by atoms with Crippen molar-refractivity contribution in [2.45, 2.75) is 64.6 Å². The SMILES string of the molecule is CC(C)Cn1cncc1CN1CCC2(CCCO2)CCC1=O. The van der Waals surface area contributed by atoms with Crippen LogP contribution in [0.5, 0.6) is 0 Å². The second-order valence-electron chi connectivity index (χ2n) is 7.13. The molecule has 1 unspecified atom stereocenters. The van der Waals surface area contributed by atoms with E-state index in [4.69, 9.17) is 4.74 Å². The fourth-order valence-corrected chi connectivity index (χ4v) is 3.63. The molecule has 0 radical (unpaired) electrons. The molecule has 0 aliphatic carbocycles. The Morgan fingerprint density at radius 3 is 2.95 bits per heavy atom. The van der Waals surface area contributed by atoms with E-state index in [9.17, 15) is 4.79 Å². The van der Waals surface area contributed by atoms with Crippen LogP contribution < -0.4 is 0 Å². The summed E-state index contributed by atoms with van der Waals surface area (Å²) in [5, 5.41) is 0. The lowest BCUT2D eigenvalue weighted by Gasteiger charge is -2.27. The Morgan fingerprint density at radius 1 is 1.36 bits per heavy atom. The molecule has 2 fully saturated rings. The number of carbonyl (C=O) groups excluding carboxylic acids is 1. The molecule has 3 rings (SSSR count). The number of likely N-dealkylation sites (tertiary alicyclic amines) is 1. The number of aromatic nitrogens is 2. The first-order valence-electron chi connectivity index (χ1n) is 8.49. The molecule has 0 N–H and O–H groups in total.